The predicted octanol–water partition coefficient (Wildman–Crippen LogP) is 1.85. The Hall–Kier alpha value is -1.86. The van der Waals surface area contributed by atoms with E-state index in [4.69, 9.17) is 11.6 Å². The van der Waals surface area contributed by atoms with Crippen LogP contribution < -0.4 is 4.90 Å². The van der Waals surface area contributed by atoms with E-state index in [0.29, 0.717) is 36.8 Å². The zero-order valence-electron chi connectivity index (χ0n) is 12.5. The molecule has 1 heterocycles. The zero-order chi connectivity index (χ0) is 16.3. The molecule has 0 unspecified atom stereocenters. The third-order valence-electron chi connectivity index (χ3n) is 3.76. The van der Waals surface area contributed by atoms with E-state index >= 15 is 0 Å². The molecule has 0 N–H and O–H groups in total. The van der Waals surface area contributed by atoms with E-state index in [1.807, 2.05) is 4.90 Å². The molecule has 1 fully saturated rings. The minimum Gasteiger partial charge on any atom is -0.468 e. The summed E-state index contributed by atoms with van der Waals surface area (Å²) in [5.74, 6) is -0.252. The molecule has 0 atom stereocenters. The van der Waals surface area contributed by atoms with Crippen LogP contribution in [0.2, 0.25) is 5.02 Å². The molecule has 0 aromatic heterocycles. The van der Waals surface area contributed by atoms with E-state index in [1.165, 1.54) is 13.2 Å². The maximum absolute atomic E-state index is 11.3. The van der Waals surface area contributed by atoms with Crippen LogP contribution in [-0.2, 0) is 9.53 Å². The number of nitro benzene ring substituents is 1. The average molecular weight is 328 g/mol. The number of anilines is 1. The third-order valence-corrected chi connectivity index (χ3v) is 4.06. The van der Waals surface area contributed by atoms with Crippen molar-refractivity contribution in [1.29, 1.82) is 0 Å². The summed E-state index contributed by atoms with van der Waals surface area (Å²) in [5, 5.41) is 11.3. The van der Waals surface area contributed by atoms with Gasteiger partial charge >= 0.3 is 5.97 Å². The number of benzene rings is 1. The van der Waals surface area contributed by atoms with E-state index in [0.717, 1.165) is 5.69 Å². The SMILES string of the molecule is COC(=O)CN1CCN(c2cc(C)c([N+](=O)[O-])cc2Cl)CC1. The summed E-state index contributed by atoms with van der Waals surface area (Å²) >= 11 is 6.19. The monoisotopic (exact) mass is 327 g/mol. The number of methoxy groups -OCH3 is 1. The van der Waals surface area contributed by atoms with Crippen molar-refractivity contribution in [3.63, 3.8) is 0 Å². The number of hydrogen-bond donors (Lipinski definition) is 0. The number of nitrogens with zero attached hydrogens (tertiary/aromatic N) is 3. The lowest BCUT2D eigenvalue weighted by Crippen LogP contribution is -2.48. The van der Waals surface area contributed by atoms with Crippen molar-refractivity contribution < 1.29 is 14.5 Å². The van der Waals surface area contributed by atoms with Gasteiger partial charge in [0, 0.05) is 37.8 Å². The van der Waals surface area contributed by atoms with Crippen molar-refractivity contribution in [2.24, 2.45) is 0 Å². The van der Waals surface area contributed by atoms with Gasteiger partial charge in [0.05, 0.1) is 29.3 Å². The topological polar surface area (TPSA) is 75.9 Å². The van der Waals surface area contributed by atoms with Crippen LogP contribution in [0.15, 0.2) is 12.1 Å². The fourth-order valence-corrected chi connectivity index (χ4v) is 2.77. The highest BCUT2D eigenvalue weighted by Crippen LogP contribution is 2.33. The van der Waals surface area contributed by atoms with Crippen LogP contribution >= 0.6 is 11.6 Å². The Bertz CT molecular complexity index is 586. The van der Waals surface area contributed by atoms with Crippen molar-refractivity contribution in [2.45, 2.75) is 6.92 Å². The number of nitro groups is 1. The lowest BCUT2D eigenvalue weighted by Gasteiger charge is -2.36. The number of aryl methyl sites for hydroxylation is 1. The number of carbonyl (C=O) groups is 1. The fourth-order valence-electron chi connectivity index (χ4n) is 2.49. The number of halogens is 1. The molecular formula is C14H18ClN3O4. The van der Waals surface area contributed by atoms with Crippen molar-refractivity contribution in [3.05, 3.63) is 32.8 Å². The van der Waals surface area contributed by atoms with Crippen molar-refractivity contribution in [2.75, 3.05) is 44.7 Å². The lowest BCUT2D eigenvalue weighted by atomic mass is 10.1. The van der Waals surface area contributed by atoms with Gasteiger partial charge in [0.25, 0.3) is 5.69 Å². The van der Waals surface area contributed by atoms with Gasteiger partial charge in [-0.3, -0.25) is 19.8 Å². The van der Waals surface area contributed by atoms with Gasteiger partial charge in [-0.15, -0.1) is 0 Å². The minimum atomic E-state index is -0.431. The number of hydrogen-bond acceptors (Lipinski definition) is 6. The molecule has 1 aliphatic heterocycles. The second kappa shape index (κ2) is 6.93. The molecule has 0 radical (unpaired) electrons. The van der Waals surface area contributed by atoms with Crippen LogP contribution in [0.4, 0.5) is 11.4 Å². The average Bonchev–Trinajstić information content (AvgIpc) is 2.49. The molecule has 0 saturated carbocycles. The quantitative estimate of drug-likeness (QED) is 0.477. The standard InChI is InChI=1S/C14H18ClN3O4/c1-10-7-13(11(15)8-12(10)18(20)21)17-5-3-16(4-6-17)9-14(19)22-2/h7-8H,3-6,9H2,1-2H3. The molecule has 8 heteroatoms. The molecule has 1 aliphatic rings. The van der Waals surface area contributed by atoms with Gasteiger partial charge in [0.1, 0.15) is 0 Å². The second-order valence-electron chi connectivity index (χ2n) is 5.19. The summed E-state index contributed by atoms with van der Waals surface area (Å²) < 4.78 is 4.66. The number of esters is 1. The molecular weight excluding hydrogens is 310 g/mol. The number of ether oxygens (including phenoxy) is 1. The van der Waals surface area contributed by atoms with E-state index in [2.05, 4.69) is 9.64 Å². The number of rotatable bonds is 4. The van der Waals surface area contributed by atoms with E-state index < -0.39 is 4.92 Å². The fraction of sp³-hybridized carbons (Fsp3) is 0.500. The predicted molar refractivity (Wildman–Crippen MR) is 83.5 cm³/mol. The van der Waals surface area contributed by atoms with Crippen LogP contribution in [0.25, 0.3) is 0 Å². The summed E-state index contributed by atoms with van der Waals surface area (Å²) in [6, 6.07) is 3.14. The van der Waals surface area contributed by atoms with E-state index in [9.17, 15) is 14.9 Å². The first-order chi connectivity index (χ1) is 10.4. The van der Waals surface area contributed by atoms with Gasteiger partial charge in [0.15, 0.2) is 0 Å². The van der Waals surface area contributed by atoms with Crippen molar-refractivity contribution >= 4 is 28.9 Å². The molecule has 0 amide bonds. The minimum absolute atomic E-state index is 0.0260. The highest BCUT2D eigenvalue weighted by Gasteiger charge is 2.23. The van der Waals surface area contributed by atoms with Gasteiger partial charge < -0.3 is 9.64 Å². The van der Waals surface area contributed by atoms with Crippen LogP contribution in [0, 0.1) is 17.0 Å². The second-order valence-corrected chi connectivity index (χ2v) is 5.59. The Morgan fingerprint density at radius 3 is 2.55 bits per heavy atom. The third kappa shape index (κ3) is 3.66. The van der Waals surface area contributed by atoms with Gasteiger partial charge in [-0.2, -0.15) is 0 Å². The maximum Gasteiger partial charge on any atom is 0.319 e. The first-order valence-electron chi connectivity index (χ1n) is 6.91. The molecule has 7 nitrogen and oxygen atoms in total. The highest BCUT2D eigenvalue weighted by molar-refractivity contribution is 6.33. The molecule has 22 heavy (non-hydrogen) atoms. The zero-order valence-corrected chi connectivity index (χ0v) is 13.3. The summed E-state index contributed by atoms with van der Waals surface area (Å²) in [6.45, 7) is 4.80. The lowest BCUT2D eigenvalue weighted by molar-refractivity contribution is -0.385. The summed E-state index contributed by atoms with van der Waals surface area (Å²) in [4.78, 5) is 25.8. The summed E-state index contributed by atoms with van der Waals surface area (Å²) in [7, 11) is 1.37. The Labute approximate surface area is 133 Å². The van der Waals surface area contributed by atoms with Crippen LogP contribution in [0.5, 0.6) is 0 Å². The van der Waals surface area contributed by atoms with Gasteiger partial charge in [-0.1, -0.05) is 11.6 Å². The number of carbonyl (C=O) groups excluding carboxylic acids is 1. The van der Waals surface area contributed by atoms with Crippen molar-refractivity contribution in [1.82, 2.24) is 4.90 Å². The molecule has 2 rings (SSSR count). The maximum atomic E-state index is 11.3. The molecule has 1 saturated heterocycles. The van der Waals surface area contributed by atoms with Crippen LogP contribution in [-0.4, -0.2) is 55.6 Å². The van der Waals surface area contributed by atoms with E-state index in [1.54, 1.807) is 13.0 Å². The largest absolute Gasteiger partial charge is 0.468 e. The Morgan fingerprint density at radius 2 is 2.00 bits per heavy atom. The molecule has 0 aliphatic carbocycles. The number of piperazine rings is 1. The molecule has 120 valence electrons. The molecule has 0 bridgehead atoms. The Kier molecular flexibility index (Phi) is 5.20. The first-order valence-corrected chi connectivity index (χ1v) is 7.29. The van der Waals surface area contributed by atoms with Crippen molar-refractivity contribution in [3.8, 4) is 0 Å². The highest BCUT2D eigenvalue weighted by atomic mass is 35.5. The van der Waals surface area contributed by atoms with Gasteiger partial charge in [0.2, 0.25) is 0 Å². The van der Waals surface area contributed by atoms with Crippen LogP contribution in [0.3, 0.4) is 0 Å². The Morgan fingerprint density at radius 1 is 1.36 bits per heavy atom. The molecule has 1 aromatic carbocycles. The summed E-state index contributed by atoms with van der Waals surface area (Å²) in [5.41, 5.74) is 1.40. The Balaban J connectivity index is 2.07. The smallest absolute Gasteiger partial charge is 0.319 e. The molecule has 0 spiro atoms. The van der Waals surface area contributed by atoms with Gasteiger partial charge in [-0.05, 0) is 13.0 Å². The first kappa shape index (κ1) is 16.5. The summed E-state index contributed by atoms with van der Waals surface area (Å²) in [6.07, 6.45) is 0. The van der Waals surface area contributed by atoms with Gasteiger partial charge in [-0.25, -0.2) is 0 Å². The molecule has 1 aromatic rings. The van der Waals surface area contributed by atoms with Crippen LogP contribution in [0.1, 0.15) is 5.56 Å². The normalized spacial score (nSPS) is 15.7. The van der Waals surface area contributed by atoms with E-state index in [-0.39, 0.29) is 18.2 Å².